The second-order valence-electron chi connectivity index (χ2n) is 6.84. The maximum Gasteiger partial charge on any atom is 0.282 e. The molecule has 0 saturated carbocycles. The van der Waals surface area contributed by atoms with Crippen molar-refractivity contribution in [3.05, 3.63) is 63.2 Å². The molecular weight excluding hydrogens is 442 g/mol. The number of hydrogen-bond donors (Lipinski definition) is 2. The molecule has 0 aromatic heterocycles. The van der Waals surface area contributed by atoms with Crippen molar-refractivity contribution in [1.29, 1.82) is 0 Å². The van der Waals surface area contributed by atoms with Crippen molar-refractivity contribution in [3.8, 4) is 0 Å². The van der Waals surface area contributed by atoms with E-state index >= 15 is 0 Å². The van der Waals surface area contributed by atoms with E-state index in [0.717, 1.165) is 5.69 Å². The van der Waals surface area contributed by atoms with Crippen molar-refractivity contribution in [2.45, 2.75) is 6.92 Å². The number of nitrogens with zero attached hydrogens (tertiary/aromatic N) is 3. The number of carbonyl (C=O) groups is 2. The van der Waals surface area contributed by atoms with Gasteiger partial charge in [-0.2, -0.15) is 0 Å². The SMILES string of the molecule is CC(=O)N1CCN(c2ccc(NC(=S)NC(=O)c3ccccc3[N+](=O)[O-])cc2Cl)CC1. The molecule has 2 amide bonds. The molecule has 1 saturated heterocycles. The highest BCUT2D eigenvalue weighted by molar-refractivity contribution is 7.80. The number of nitrogens with one attached hydrogen (secondary N) is 2. The molecule has 0 spiro atoms. The lowest BCUT2D eigenvalue weighted by Gasteiger charge is -2.36. The molecule has 2 N–H and O–H groups in total. The molecule has 0 aliphatic carbocycles. The first-order valence-electron chi connectivity index (χ1n) is 9.42. The van der Waals surface area contributed by atoms with Gasteiger partial charge in [0.1, 0.15) is 5.56 Å². The molecule has 2 aromatic carbocycles. The van der Waals surface area contributed by atoms with Crippen LogP contribution in [0.5, 0.6) is 0 Å². The van der Waals surface area contributed by atoms with Gasteiger partial charge in [0.05, 0.1) is 15.6 Å². The van der Waals surface area contributed by atoms with Crippen LogP contribution in [-0.4, -0.2) is 52.9 Å². The molecule has 0 bridgehead atoms. The van der Waals surface area contributed by atoms with Gasteiger partial charge in [-0.05, 0) is 36.5 Å². The van der Waals surface area contributed by atoms with Crippen molar-refractivity contribution in [1.82, 2.24) is 10.2 Å². The van der Waals surface area contributed by atoms with Crippen LogP contribution in [0.3, 0.4) is 0 Å². The Morgan fingerprint density at radius 2 is 1.81 bits per heavy atom. The molecule has 11 heteroatoms. The monoisotopic (exact) mass is 461 g/mol. The summed E-state index contributed by atoms with van der Waals surface area (Å²) in [7, 11) is 0. The Labute approximate surface area is 189 Å². The number of anilines is 2. The number of nitro benzene ring substituents is 1. The van der Waals surface area contributed by atoms with Crippen molar-refractivity contribution in [2.75, 3.05) is 36.4 Å². The average molecular weight is 462 g/mol. The van der Waals surface area contributed by atoms with E-state index in [1.54, 1.807) is 24.0 Å². The van der Waals surface area contributed by atoms with Gasteiger partial charge in [0, 0.05) is 44.9 Å². The van der Waals surface area contributed by atoms with Gasteiger partial charge in [0.15, 0.2) is 5.11 Å². The van der Waals surface area contributed by atoms with E-state index < -0.39 is 10.8 Å². The Morgan fingerprint density at radius 3 is 2.42 bits per heavy atom. The molecule has 1 aliphatic heterocycles. The van der Waals surface area contributed by atoms with Gasteiger partial charge in [0.2, 0.25) is 5.91 Å². The van der Waals surface area contributed by atoms with Gasteiger partial charge >= 0.3 is 0 Å². The van der Waals surface area contributed by atoms with Gasteiger partial charge in [-0.25, -0.2) is 0 Å². The van der Waals surface area contributed by atoms with Crippen molar-refractivity contribution < 1.29 is 14.5 Å². The Bertz CT molecular complexity index is 1040. The van der Waals surface area contributed by atoms with Crippen molar-refractivity contribution >= 4 is 57.8 Å². The van der Waals surface area contributed by atoms with Gasteiger partial charge in [-0.1, -0.05) is 23.7 Å². The van der Waals surface area contributed by atoms with E-state index in [2.05, 4.69) is 15.5 Å². The molecule has 0 atom stereocenters. The van der Waals surface area contributed by atoms with Crippen LogP contribution in [0, 0.1) is 10.1 Å². The minimum Gasteiger partial charge on any atom is -0.367 e. The summed E-state index contributed by atoms with van der Waals surface area (Å²) in [5.41, 5.74) is 1.00. The fourth-order valence-electron chi connectivity index (χ4n) is 3.26. The summed E-state index contributed by atoms with van der Waals surface area (Å²) in [5.74, 6) is -0.627. The maximum absolute atomic E-state index is 12.4. The fourth-order valence-corrected chi connectivity index (χ4v) is 3.77. The summed E-state index contributed by atoms with van der Waals surface area (Å²) in [5, 5.41) is 16.9. The van der Waals surface area contributed by atoms with E-state index in [1.165, 1.54) is 24.3 Å². The average Bonchev–Trinajstić information content (AvgIpc) is 2.73. The Kier molecular flexibility index (Phi) is 7.03. The van der Waals surface area contributed by atoms with Gasteiger partial charge in [-0.3, -0.25) is 25.0 Å². The number of amides is 2. The van der Waals surface area contributed by atoms with E-state index in [9.17, 15) is 19.7 Å². The van der Waals surface area contributed by atoms with Gasteiger partial charge < -0.3 is 15.1 Å². The standard InChI is InChI=1S/C20H20ClN5O4S/c1-13(27)24-8-10-25(11-9-24)18-7-6-14(12-16(18)21)22-20(31)23-19(28)15-4-2-3-5-17(15)26(29)30/h2-7,12H,8-11H2,1H3,(H2,22,23,28,31). The first kappa shape index (κ1) is 22.4. The number of carbonyl (C=O) groups excluding carboxylic acids is 2. The minimum absolute atomic E-state index is 0.0120. The number of para-hydroxylation sites is 1. The second kappa shape index (κ2) is 9.71. The van der Waals surface area contributed by atoms with Crippen LogP contribution in [0.25, 0.3) is 0 Å². The molecule has 2 aromatic rings. The molecule has 1 heterocycles. The highest BCUT2D eigenvalue weighted by Crippen LogP contribution is 2.29. The molecular formula is C20H20ClN5O4S. The Morgan fingerprint density at radius 1 is 1.13 bits per heavy atom. The summed E-state index contributed by atoms with van der Waals surface area (Å²) < 4.78 is 0. The van der Waals surface area contributed by atoms with Crippen molar-refractivity contribution in [2.24, 2.45) is 0 Å². The smallest absolute Gasteiger partial charge is 0.282 e. The lowest BCUT2D eigenvalue weighted by atomic mass is 10.1. The van der Waals surface area contributed by atoms with Crippen LogP contribution in [0.1, 0.15) is 17.3 Å². The van der Waals surface area contributed by atoms with Crippen LogP contribution >= 0.6 is 23.8 Å². The highest BCUT2D eigenvalue weighted by Gasteiger charge is 2.21. The third-order valence-electron chi connectivity index (χ3n) is 4.84. The number of halogens is 1. The van der Waals surface area contributed by atoms with Crippen LogP contribution in [0.15, 0.2) is 42.5 Å². The number of piperazine rings is 1. The molecule has 31 heavy (non-hydrogen) atoms. The van der Waals surface area contributed by atoms with Crippen LogP contribution < -0.4 is 15.5 Å². The molecule has 162 valence electrons. The summed E-state index contributed by atoms with van der Waals surface area (Å²) in [6.45, 7) is 4.17. The zero-order valence-electron chi connectivity index (χ0n) is 16.6. The topological polar surface area (TPSA) is 108 Å². The quantitative estimate of drug-likeness (QED) is 0.409. The number of hydrogen-bond acceptors (Lipinski definition) is 6. The summed E-state index contributed by atoms with van der Waals surface area (Å²) in [6, 6.07) is 10.9. The van der Waals surface area contributed by atoms with E-state index in [-0.39, 0.29) is 22.3 Å². The Hall–Kier alpha value is -3.24. The molecule has 1 aliphatic rings. The van der Waals surface area contributed by atoms with E-state index in [0.29, 0.717) is 36.9 Å². The van der Waals surface area contributed by atoms with Crippen LogP contribution in [0.2, 0.25) is 5.02 Å². The minimum atomic E-state index is -0.684. The lowest BCUT2D eigenvalue weighted by molar-refractivity contribution is -0.385. The number of thiocarbonyl (C=S) groups is 1. The zero-order valence-corrected chi connectivity index (χ0v) is 18.2. The predicted octanol–water partition coefficient (Wildman–Crippen LogP) is 3.04. The normalized spacial score (nSPS) is 13.5. The molecule has 1 fully saturated rings. The Balaban J connectivity index is 1.62. The lowest BCUT2D eigenvalue weighted by Crippen LogP contribution is -2.48. The number of rotatable bonds is 4. The third-order valence-corrected chi connectivity index (χ3v) is 5.35. The number of benzene rings is 2. The highest BCUT2D eigenvalue weighted by atomic mass is 35.5. The second-order valence-corrected chi connectivity index (χ2v) is 7.66. The molecule has 9 nitrogen and oxygen atoms in total. The fraction of sp³-hybridized carbons (Fsp3) is 0.250. The van der Waals surface area contributed by atoms with E-state index in [1.807, 2.05) is 6.07 Å². The maximum atomic E-state index is 12.4. The van der Waals surface area contributed by atoms with Gasteiger partial charge in [-0.15, -0.1) is 0 Å². The van der Waals surface area contributed by atoms with Crippen LogP contribution in [-0.2, 0) is 4.79 Å². The molecule has 0 unspecified atom stereocenters. The zero-order chi connectivity index (χ0) is 22.5. The number of nitro groups is 1. The largest absolute Gasteiger partial charge is 0.367 e. The van der Waals surface area contributed by atoms with Crippen molar-refractivity contribution in [3.63, 3.8) is 0 Å². The molecule has 0 radical (unpaired) electrons. The molecule has 3 rings (SSSR count). The first-order chi connectivity index (χ1) is 14.8. The third kappa shape index (κ3) is 5.47. The first-order valence-corrected chi connectivity index (χ1v) is 10.2. The summed E-state index contributed by atoms with van der Waals surface area (Å²) >= 11 is 11.6. The van der Waals surface area contributed by atoms with Crippen LogP contribution in [0.4, 0.5) is 17.1 Å². The van der Waals surface area contributed by atoms with E-state index in [4.69, 9.17) is 23.8 Å². The summed E-state index contributed by atoms with van der Waals surface area (Å²) in [4.78, 5) is 38.2. The summed E-state index contributed by atoms with van der Waals surface area (Å²) in [6.07, 6.45) is 0. The predicted molar refractivity (Wildman–Crippen MR) is 123 cm³/mol. The van der Waals surface area contributed by atoms with Gasteiger partial charge in [0.25, 0.3) is 11.6 Å².